The fraction of sp³-hybridized carbons (Fsp3) is 0.158. The first-order valence-electron chi connectivity index (χ1n) is 8.45. The third kappa shape index (κ3) is 4.59. The van der Waals surface area contributed by atoms with E-state index < -0.39 is 10.0 Å². The molecule has 28 heavy (non-hydrogen) atoms. The van der Waals surface area contributed by atoms with Gasteiger partial charge >= 0.3 is 0 Å². The highest BCUT2D eigenvalue weighted by atomic mass is 35.5. The maximum absolute atomic E-state index is 12.7. The zero-order valence-corrected chi connectivity index (χ0v) is 16.7. The maximum atomic E-state index is 12.7. The molecular weight excluding hydrogens is 400 g/mol. The maximum Gasteiger partial charge on any atom is 0.297 e. The van der Waals surface area contributed by atoms with Crippen molar-refractivity contribution in [2.75, 3.05) is 11.9 Å². The van der Waals surface area contributed by atoms with Crippen molar-refractivity contribution in [2.24, 2.45) is 5.14 Å². The number of anilines is 1. The molecule has 3 N–H and O–H groups in total. The molecule has 3 rings (SSSR count). The van der Waals surface area contributed by atoms with Gasteiger partial charge in [-0.25, -0.2) is 18.5 Å². The zero-order valence-electron chi connectivity index (χ0n) is 15.1. The Bertz CT molecular complexity index is 1160. The molecule has 0 atom stereocenters. The van der Waals surface area contributed by atoms with Crippen LogP contribution in [0.25, 0.3) is 5.69 Å². The highest BCUT2D eigenvalue weighted by Crippen LogP contribution is 2.18. The van der Waals surface area contributed by atoms with E-state index >= 15 is 0 Å². The Morgan fingerprint density at radius 2 is 1.89 bits per heavy atom. The quantitative estimate of drug-likeness (QED) is 0.639. The summed E-state index contributed by atoms with van der Waals surface area (Å²) in [5.74, 6) is 0.223. The minimum absolute atomic E-state index is 0.0635. The van der Waals surface area contributed by atoms with E-state index in [1.54, 1.807) is 30.6 Å². The van der Waals surface area contributed by atoms with E-state index in [1.807, 2.05) is 19.1 Å². The lowest BCUT2D eigenvalue weighted by Crippen LogP contribution is -2.24. The van der Waals surface area contributed by atoms with Crippen molar-refractivity contribution in [2.45, 2.75) is 18.2 Å². The van der Waals surface area contributed by atoms with E-state index in [0.29, 0.717) is 23.7 Å². The number of halogens is 1. The lowest BCUT2D eigenvalue weighted by Gasteiger charge is -2.10. The Morgan fingerprint density at radius 3 is 2.54 bits per heavy atom. The molecule has 1 heterocycles. The molecule has 146 valence electrons. The van der Waals surface area contributed by atoms with Gasteiger partial charge < -0.3 is 5.32 Å². The lowest BCUT2D eigenvalue weighted by molar-refractivity contribution is 0.598. The Labute approximate surface area is 167 Å². The summed E-state index contributed by atoms with van der Waals surface area (Å²) < 4.78 is 24.0. The van der Waals surface area contributed by atoms with Crippen molar-refractivity contribution in [1.29, 1.82) is 0 Å². The predicted molar refractivity (Wildman–Crippen MR) is 110 cm³/mol. The van der Waals surface area contributed by atoms with Crippen molar-refractivity contribution in [1.82, 2.24) is 9.55 Å². The second kappa shape index (κ2) is 8.14. The summed E-state index contributed by atoms with van der Waals surface area (Å²) in [4.78, 5) is 16.8. The number of aryl methyl sites for hydroxylation is 1. The van der Waals surface area contributed by atoms with Gasteiger partial charge in [-0.2, -0.15) is 0 Å². The molecule has 9 heteroatoms. The Kier molecular flexibility index (Phi) is 5.83. The van der Waals surface area contributed by atoms with Crippen LogP contribution in [0.2, 0.25) is 5.02 Å². The largest absolute Gasteiger partial charge is 0.365 e. The van der Waals surface area contributed by atoms with Gasteiger partial charge in [-0.1, -0.05) is 29.8 Å². The van der Waals surface area contributed by atoms with Crippen LogP contribution in [0.5, 0.6) is 0 Å². The van der Waals surface area contributed by atoms with Crippen LogP contribution >= 0.6 is 11.6 Å². The zero-order chi connectivity index (χ0) is 20.3. The molecule has 0 radical (unpaired) electrons. The predicted octanol–water partition coefficient (Wildman–Crippen LogP) is 2.50. The van der Waals surface area contributed by atoms with Crippen LogP contribution in [0.15, 0.2) is 64.5 Å². The smallest absolute Gasteiger partial charge is 0.297 e. The average molecular weight is 419 g/mol. The van der Waals surface area contributed by atoms with Crippen LogP contribution in [0, 0.1) is 6.92 Å². The van der Waals surface area contributed by atoms with Crippen molar-refractivity contribution in [3.8, 4) is 5.69 Å². The minimum Gasteiger partial charge on any atom is -0.365 e. The highest BCUT2D eigenvalue weighted by Gasteiger charge is 2.09. The van der Waals surface area contributed by atoms with Crippen LogP contribution in [0.1, 0.15) is 11.1 Å². The SMILES string of the molecule is Cc1ccc(-n2ccnc(NCCc3ccc(S(N)(=O)=O)cc3)c2=O)cc1Cl. The van der Waals surface area contributed by atoms with Crippen molar-refractivity contribution >= 4 is 27.4 Å². The first-order valence-corrected chi connectivity index (χ1v) is 10.4. The number of nitrogens with one attached hydrogen (secondary N) is 1. The Morgan fingerprint density at radius 1 is 1.18 bits per heavy atom. The second-order valence-corrected chi connectivity index (χ2v) is 8.22. The number of primary sulfonamides is 1. The van der Waals surface area contributed by atoms with Gasteiger partial charge in [0.1, 0.15) is 0 Å². The van der Waals surface area contributed by atoms with Crippen molar-refractivity contribution < 1.29 is 8.42 Å². The molecule has 0 saturated heterocycles. The Hall–Kier alpha value is -2.68. The van der Waals surface area contributed by atoms with Gasteiger partial charge in [0.05, 0.1) is 10.6 Å². The van der Waals surface area contributed by atoms with E-state index in [-0.39, 0.29) is 16.3 Å². The molecule has 0 saturated carbocycles. The van der Waals surface area contributed by atoms with Gasteiger partial charge in [-0.15, -0.1) is 0 Å². The standard InChI is InChI=1S/C19H19ClN4O3S/c1-13-2-5-15(12-17(13)20)24-11-10-23-18(19(24)25)22-9-8-14-3-6-16(7-4-14)28(21,26)27/h2-7,10-12H,8-9H2,1H3,(H,22,23)(H2,21,26,27). The number of rotatable bonds is 6. The second-order valence-electron chi connectivity index (χ2n) is 6.25. The summed E-state index contributed by atoms with van der Waals surface area (Å²) in [5, 5.41) is 8.69. The summed E-state index contributed by atoms with van der Waals surface area (Å²) in [7, 11) is -3.70. The topological polar surface area (TPSA) is 107 Å². The van der Waals surface area contributed by atoms with Crippen LogP contribution in [-0.4, -0.2) is 24.5 Å². The monoisotopic (exact) mass is 418 g/mol. The summed E-state index contributed by atoms with van der Waals surface area (Å²) in [5.41, 5.74) is 2.21. The minimum atomic E-state index is -3.70. The molecule has 0 aliphatic heterocycles. The van der Waals surface area contributed by atoms with E-state index in [4.69, 9.17) is 16.7 Å². The van der Waals surface area contributed by atoms with Gasteiger partial charge in [0, 0.05) is 24.0 Å². The molecule has 2 aromatic carbocycles. The number of sulfonamides is 1. The van der Waals surface area contributed by atoms with E-state index in [1.165, 1.54) is 16.7 Å². The summed E-state index contributed by atoms with van der Waals surface area (Å²) in [6, 6.07) is 11.7. The summed E-state index contributed by atoms with van der Waals surface area (Å²) in [6.45, 7) is 2.35. The molecule has 0 fully saturated rings. The molecular formula is C19H19ClN4O3S. The van der Waals surface area contributed by atoms with Gasteiger partial charge in [0.15, 0.2) is 5.82 Å². The van der Waals surface area contributed by atoms with Crippen LogP contribution in [-0.2, 0) is 16.4 Å². The normalized spacial score (nSPS) is 11.4. The van der Waals surface area contributed by atoms with Crippen LogP contribution < -0.4 is 16.0 Å². The highest BCUT2D eigenvalue weighted by molar-refractivity contribution is 7.89. The van der Waals surface area contributed by atoms with Gasteiger partial charge in [0.25, 0.3) is 5.56 Å². The molecule has 1 aromatic heterocycles. The third-order valence-corrected chi connectivity index (χ3v) is 5.57. The number of nitrogens with two attached hydrogens (primary N) is 1. The van der Waals surface area contributed by atoms with Crippen molar-refractivity contribution in [3.05, 3.63) is 81.4 Å². The van der Waals surface area contributed by atoms with Crippen LogP contribution in [0.3, 0.4) is 0 Å². The molecule has 7 nitrogen and oxygen atoms in total. The molecule has 3 aromatic rings. The molecule has 0 unspecified atom stereocenters. The number of hydrogen-bond acceptors (Lipinski definition) is 5. The van der Waals surface area contributed by atoms with Gasteiger partial charge in [-0.05, 0) is 48.7 Å². The van der Waals surface area contributed by atoms with Gasteiger partial charge in [-0.3, -0.25) is 9.36 Å². The Balaban J connectivity index is 1.72. The van der Waals surface area contributed by atoms with E-state index in [9.17, 15) is 13.2 Å². The molecule has 0 aliphatic rings. The third-order valence-electron chi connectivity index (χ3n) is 4.23. The number of aromatic nitrogens is 2. The lowest BCUT2D eigenvalue weighted by atomic mass is 10.1. The summed E-state index contributed by atoms with van der Waals surface area (Å²) >= 11 is 6.15. The fourth-order valence-electron chi connectivity index (χ4n) is 2.64. The number of hydrogen-bond donors (Lipinski definition) is 2. The van der Waals surface area contributed by atoms with Crippen molar-refractivity contribution in [3.63, 3.8) is 0 Å². The first-order chi connectivity index (χ1) is 13.3. The fourth-order valence-corrected chi connectivity index (χ4v) is 3.33. The molecule has 0 aliphatic carbocycles. The molecule has 0 spiro atoms. The molecule has 0 amide bonds. The number of nitrogens with zero attached hydrogens (tertiary/aromatic N) is 2. The summed E-state index contributed by atoms with van der Waals surface area (Å²) in [6.07, 6.45) is 3.70. The van der Waals surface area contributed by atoms with Crippen LogP contribution in [0.4, 0.5) is 5.82 Å². The first kappa shape index (κ1) is 20.1. The molecule has 0 bridgehead atoms. The average Bonchev–Trinajstić information content (AvgIpc) is 2.65. The number of benzene rings is 2. The van der Waals surface area contributed by atoms with E-state index in [2.05, 4.69) is 10.3 Å². The van der Waals surface area contributed by atoms with E-state index in [0.717, 1.165) is 11.1 Å². The van der Waals surface area contributed by atoms with Gasteiger partial charge in [0.2, 0.25) is 10.0 Å².